The Balaban J connectivity index is 1.45. The molecule has 0 amide bonds. The Kier molecular flexibility index (Phi) is 6.91. The molecule has 0 radical (unpaired) electrons. The molecule has 8 heteroatoms. The van der Waals surface area contributed by atoms with E-state index < -0.39 is 6.10 Å². The predicted molar refractivity (Wildman–Crippen MR) is 117 cm³/mol. The number of methoxy groups -OCH3 is 1. The van der Waals surface area contributed by atoms with Crippen LogP contribution in [0.3, 0.4) is 0 Å². The number of benzene rings is 2. The number of imidazole rings is 1. The van der Waals surface area contributed by atoms with Gasteiger partial charge in [-0.2, -0.15) is 0 Å². The second kappa shape index (κ2) is 10.00. The maximum absolute atomic E-state index is 10.6. The molecule has 3 N–H and O–H groups in total. The first-order valence-electron chi connectivity index (χ1n) is 10.7. The van der Waals surface area contributed by atoms with Crippen LogP contribution >= 0.6 is 0 Å². The smallest absolute Gasteiger partial charge is 0.203 e. The van der Waals surface area contributed by atoms with Crippen molar-refractivity contribution < 1.29 is 24.2 Å². The van der Waals surface area contributed by atoms with Gasteiger partial charge in [0.15, 0.2) is 0 Å². The Hall–Kier alpha value is -2.81. The standard InChI is InChI=1S/C23H30N4O4/c1-29-19-6-8-20(9-7-19)31-17-18(28)16-27-22-5-3-2-4-21(22)26(23(27)24)11-10-25-12-14-30-15-13-25/h2-9,18,24,28H,10-17H2,1H3/p+1. The maximum Gasteiger partial charge on any atom is 0.203 e. The molecule has 0 aliphatic carbocycles. The highest BCUT2D eigenvalue weighted by molar-refractivity contribution is 5.75. The summed E-state index contributed by atoms with van der Waals surface area (Å²) in [7, 11) is 1.62. The van der Waals surface area contributed by atoms with Gasteiger partial charge in [-0.1, -0.05) is 12.1 Å². The van der Waals surface area contributed by atoms with Crippen molar-refractivity contribution in [1.29, 1.82) is 5.41 Å². The average Bonchev–Trinajstić information content (AvgIpc) is 3.08. The van der Waals surface area contributed by atoms with E-state index in [0.717, 1.165) is 56.2 Å². The lowest BCUT2D eigenvalue weighted by Gasteiger charge is -2.23. The molecule has 2 aromatic carbocycles. The highest BCUT2D eigenvalue weighted by atomic mass is 16.5. The fourth-order valence-electron chi connectivity index (χ4n) is 4.01. The minimum absolute atomic E-state index is 0.149. The first kappa shape index (κ1) is 21.4. The molecular weight excluding hydrogens is 396 g/mol. The number of nitrogens with one attached hydrogen (secondary N) is 2. The van der Waals surface area contributed by atoms with Crippen LogP contribution in [-0.4, -0.2) is 66.9 Å². The molecule has 1 aliphatic rings. The SMILES string of the molecule is COc1ccc(OCC(O)Cn2c(=N)n(CC[NH+]3CCOCC3)c3ccccc32)cc1. The maximum atomic E-state index is 10.6. The van der Waals surface area contributed by atoms with Crippen molar-refractivity contribution in [3.8, 4) is 11.5 Å². The molecule has 1 aromatic heterocycles. The number of quaternary nitrogens is 1. The van der Waals surface area contributed by atoms with Crippen LogP contribution in [0.1, 0.15) is 0 Å². The summed E-state index contributed by atoms with van der Waals surface area (Å²) in [6.45, 7) is 5.79. The van der Waals surface area contributed by atoms with Crippen LogP contribution in [-0.2, 0) is 17.8 Å². The number of aliphatic hydroxyl groups excluding tert-OH is 1. The lowest BCUT2D eigenvalue weighted by molar-refractivity contribution is -0.908. The molecule has 2 heterocycles. The van der Waals surface area contributed by atoms with Crippen molar-refractivity contribution in [2.24, 2.45) is 0 Å². The zero-order chi connectivity index (χ0) is 21.6. The number of aromatic nitrogens is 2. The summed E-state index contributed by atoms with van der Waals surface area (Å²) in [5, 5.41) is 19.4. The molecule has 3 aromatic rings. The fraction of sp³-hybridized carbons (Fsp3) is 0.435. The second-order valence-electron chi connectivity index (χ2n) is 7.83. The van der Waals surface area contributed by atoms with E-state index in [1.54, 1.807) is 7.11 Å². The molecule has 0 bridgehead atoms. The quantitative estimate of drug-likeness (QED) is 0.458. The summed E-state index contributed by atoms with van der Waals surface area (Å²) in [5.74, 6) is 1.43. The third kappa shape index (κ3) is 5.10. The number of hydrogen-bond acceptors (Lipinski definition) is 5. The normalized spacial score (nSPS) is 15.8. The molecule has 166 valence electrons. The highest BCUT2D eigenvalue weighted by Gasteiger charge is 2.17. The molecule has 1 unspecified atom stereocenters. The van der Waals surface area contributed by atoms with E-state index in [2.05, 4.69) is 0 Å². The van der Waals surface area contributed by atoms with Crippen LogP contribution in [0.4, 0.5) is 0 Å². The molecule has 4 rings (SSSR count). The monoisotopic (exact) mass is 427 g/mol. The van der Waals surface area contributed by atoms with E-state index in [9.17, 15) is 5.11 Å². The van der Waals surface area contributed by atoms with Crippen LogP contribution in [0.5, 0.6) is 11.5 Å². The summed E-state index contributed by atoms with van der Waals surface area (Å²) >= 11 is 0. The van der Waals surface area contributed by atoms with Gasteiger partial charge in [0.05, 0.1) is 51.0 Å². The van der Waals surface area contributed by atoms with Gasteiger partial charge in [0.25, 0.3) is 0 Å². The largest absolute Gasteiger partial charge is 0.497 e. The second-order valence-corrected chi connectivity index (χ2v) is 7.83. The number of hydrogen-bond donors (Lipinski definition) is 3. The minimum atomic E-state index is -0.736. The van der Waals surface area contributed by atoms with E-state index in [0.29, 0.717) is 17.9 Å². The Morgan fingerprint density at radius 2 is 1.68 bits per heavy atom. The van der Waals surface area contributed by atoms with E-state index >= 15 is 0 Å². The van der Waals surface area contributed by atoms with Gasteiger partial charge in [-0.25, -0.2) is 0 Å². The van der Waals surface area contributed by atoms with Crippen LogP contribution < -0.4 is 20.0 Å². The Labute approximate surface area is 181 Å². The topological polar surface area (TPSA) is 86.1 Å². The van der Waals surface area contributed by atoms with Crippen molar-refractivity contribution >= 4 is 11.0 Å². The van der Waals surface area contributed by atoms with Gasteiger partial charge in [-0.3, -0.25) is 5.41 Å². The van der Waals surface area contributed by atoms with Crippen LogP contribution in [0.15, 0.2) is 48.5 Å². The van der Waals surface area contributed by atoms with E-state index in [1.165, 1.54) is 4.90 Å². The summed E-state index contributed by atoms with van der Waals surface area (Å²) in [5.41, 5.74) is 2.37. The number of rotatable bonds is 9. The van der Waals surface area contributed by atoms with Gasteiger partial charge < -0.3 is 33.4 Å². The van der Waals surface area contributed by atoms with Crippen molar-refractivity contribution in [2.45, 2.75) is 19.2 Å². The third-order valence-electron chi connectivity index (χ3n) is 5.76. The molecule has 31 heavy (non-hydrogen) atoms. The van der Waals surface area contributed by atoms with Crippen LogP contribution in [0.25, 0.3) is 11.0 Å². The van der Waals surface area contributed by atoms with Crippen molar-refractivity contribution in [1.82, 2.24) is 9.13 Å². The van der Waals surface area contributed by atoms with Gasteiger partial charge in [-0.15, -0.1) is 0 Å². The van der Waals surface area contributed by atoms with Gasteiger partial charge in [-0.05, 0) is 36.4 Å². The van der Waals surface area contributed by atoms with E-state index in [4.69, 9.17) is 19.6 Å². The molecule has 1 saturated heterocycles. The lowest BCUT2D eigenvalue weighted by Crippen LogP contribution is -3.14. The van der Waals surface area contributed by atoms with Crippen molar-refractivity contribution in [3.05, 3.63) is 54.1 Å². The van der Waals surface area contributed by atoms with Gasteiger partial charge in [0.2, 0.25) is 5.62 Å². The van der Waals surface area contributed by atoms with Crippen LogP contribution in [0.2, 0.25) is 0 Å². The number of para-hydroxylation sites is 2. The molecule has 8 nitrogen and oxygen atoms in total. The Morgan fingerprint density at radius 3 is 2.35 bits per heavy atom. The summed E-state index contributed by atoms with van der Waals surface area (Å²) < 4.78 is 20.2. The summed E-state index contributed by atoms with van der Waals surface area (Å²) in [6, 6.07) is 15.3. The molecule has 1 atom stereocenters. The fourth-order valence-corrected chi connectivity index (χ4v) is 4.01. The Bertz CT molecular complexity index is 1040. The lowest BCUT2D eigenvalue weighted by atomic mass is 10.3. The highest BCUT2D eigenvalue weighted by Crippen LogP contribution is 2.17. The zero-order valence-corrected chi connectivity index (χ0v) is 17.9. The first-order valence-corrected chi connectivity index (χ1v) is 10.7. The van der Waals surface area contributed by atoms with Crippen molar-refractivity contribution in [2.75, 3.05) is 46.6 Å². The third-order valence-corrected chi connectivity index (χ3v) is 5.76. The summed E-state index contributed by atoms with van der Waals surface area (Å²) in [4.78, 5) is 1.50. The first-order chi connectivity index (χ1) is 15.2. The van der Waals surface area contributed by atoms with Crippen molar-refractivity contribution in [3.63, 3.8) is 0 Å². The predicted octanol–water partition coefficient (Wildman–Crippen LogP) is 0.286. The van der Waals surface area contributed by atoms with E-state index in [-0.39, 0.29) is 6.61 Å². The molecule has 0 saturated carbocycles. The van der Waals surface area contributed by atoms with Crippen LogP contribution in [0, 0.1) is 5.41 Å². The molecular formula is C23H31N4O4+. The van der Waals surface area contributed by atoms with E-state index in [1.807, 2.05) is 57.7 Å². The molecule has 0 spiro atoms. The number of ether oxygens (including phenoxy) is 3. The number of nitrogens with zero attached hydrogens (tertiary/aromatic N) is 2. The molecule has 1 aliphatic heterocycles. The zero-order valence-electron chi connectivity index (χ0n) is 17.9. The van der Waals surface area contributed by atoms with Gasteiger partial charge in [0.1, 0.15) is 37.3 Å². The summed E-state index contributed by atoms with van der Waals surface area (Å²) in [6.07, 6.45) is -0.736. The van der Waals surface area contributed by atoms with Gasteiger partial charge >= 0.3 is 0 Å². The number of fused-ring (bicyclic) bond motifs is 1. The van der Waals surface area contributed by atoms with Gasteiger partial charge in [0, 0.05) is 0 Å². The molecule has 1 fully saturated rings. The minimum Gasteiger partial charge on any atom is -0.497 e. The average molecular weight is 428 g/mol. The Morgan fingerprint density at radius 1 is 1.03 bits per heavy atom. The number of aliphatic hydroxyl groups is 1. The number of morpholine rings is 1.